The van der Waals surface area contributed by atoms with Gasteiger partial charge >= 0.3 is 8.56 Å². The summed E-state index contributed by atoms with van der Waals surface area (Å²) in [6, 6.07) is 0.985. The van der Waals surface area contributed by atoms with Crippen LogP contribution in [0.3, 0.4) is 0 Å². The number of alkyl halides is 3. The van der Waals surface area contributed by atoms with Gasteiger partial charge in [0.1, 0.15) is 0 Å². The van der Waals surface area contributed by atoms with Crippen LogP contribution in [0, 0.1) is 0 Å². The first-order valence-corrected chi connectivity index (χ1v) is 8.27. The van der Waals surface area contributed by atoms with Gasteiger partial charge in [0.15, 0.2) is 0 Å². The van der Waals surface area contributed by atoms with Gasteiger partial charge in [-0.05, 0) is 32.9 Å². The summed E-state index contributed by atoms with van der Waals surface area (Å²) in [7, 11) is -2.89. The molecule has 0 saturated heterocycles. The maximum absolute atomic E-state index is 13.7. The zero-order chi connectivity index (χ0) is 13.7. The lowest BCUT2D eigenvalue weighted by atomic mass is 10.4. The number of halogens is 3. The molecule has 0 bridgehead atoms. The Labute approximate surface area is 103 Å². The Morgan fingerprint density at radius 2 is 1.76 bits per heavy atom. The standard InChI is InChI=1S/C11H23F3O2Si/c1-6-8-17(7-2,15-9(3)4)16-11(5,14)10(12)13/h9-10H,6-8H2,1-5H3. The van der Waals surface area contributed by atoms with E-state index >= 15 is 0 Å². The zero-order valence-corrected chi connectivity index (χ0v) is 12.2. The molecule has 0 aromatic carbocycles. The van der Waals surface area contributed by atoms with Gasteiger partial charge in [-0.1, -0.05) is 20.3 Å². The Morgan fingerprint density at radius 3 is 2.06 bits per heavy atom. The van der Waals surface area contributed by atoms with Crippen LogP contribution in [0.25, 0.3) is 0 Å². The van der Waals surface area contributed by atoms with Crippen LogP contribution >= 0.6 is 0 Å². The van der Waals surface area contributed by atoms with Crippen molar-refractivity contribution in [1.29, 1.82) is 0 Å². The van der Waals surface area contributed by atoms with Crippen LogP contribution in [-0.2, 0) is 8.85 Å². The molecule has 0 N–H and O–H groups in total. The topological polar surface area (TPSA) is 18.5 Å². The Morgan fingerprint density at radius 1 is 1.24 bits per heavy atom. The third-order valence-corrected chi connectivity index (χ3v) is 6.41. The van der Waals surface area contributed by atoms with E-state index in [1.807, 2.05) is 6.92 Å². The van der Waals surface area contributed by atoms with E-state index in [1.54, 1.807) is 20.8 Å². The van der Waals surface area contributed by atoms with Crippen LogP contribution in [0.1, 0.15) is 41.0 Å². The highest BCUT2D eigenvalue weighted by Gasteiger charge is 2.47. The lowest BCUT2D eigenvalue weighted by Gasteiger charge is -2.36. The molecule has 2 nitrogen and oxygen atoms in total. The Kier molecular flexibility index (Phi) is 6.72. The van der Waals surface area contributed by atoms with Gasteiger partial charge in [0.05, 0.1) is 0 Å². The predicted molar refractivity (Wildman–Crippen MR) is 64.2 cm³/mol. The van der Waals surface area contributed by atoms with Crippen LogP contribution in [0.5, 0.6) is 0 Å². The summed E-state index contributed by atoms with van der Waals surface area (Å²) >= 11 is 0. The molecule has 0 rings (SSSR count). The van der Waals surface area contributed by atoms with Crippen molar-refractivity contribution in [3.05, 3.63) is 0 Å². The minimum absolute atomic E-state index is 0.151. The second-order valence-corrected chi connectivity index (χ2v) is 8.04. The molecule has 0 aliphatic carbocycles. The molecule has 0 fully saturated rings. The smallest absolute Gasteiger partial charge is 0.340 e. The first kappa shape index (κ1) is 16.9. The minimum Gasteiger partial charge on any atom is -0.392 e. The van der Waals surface area contributed by atoms with Gasteiger partial charge in [-0.3, -0.25) is 0 Å². The van der Waals surface area contributed by atoms with Crippen molar-refractivity contribution in [2.75, 3.05) is 0 Å². The van der Waals surface area contributed by atoms with Gasteiger partial charge in [-0.2, -0.15) is 0 Å². The molecule has 0 aromatic heterocycles. The lowest BCUT2D eigenvalue weighted by Crippen LogP contribution is -2.51. The van der Waals surface area contributed by atoms with Crippen molar-refractivity contribution in [2.45, 2.75) is 71.5 Å². The average Bonchev–Trinajstić information content (AvgIpc) is 2.16. The van der Waals surface area contributed by atoms with Crippen molar-refractivity contribution < 1.29 is 22.0 Å². The average molecular weight is 272 g/mol. The summed E-state index contributed by atoms with van der Waals surface area (Å²) in [4.78, 5) is 0. The van der Waals surface area contributed by atoms with Crippen molar-refractivity contribution in [3.8, 4) is 0 Å². The zero-order valence-electron chi connectivity index (χ0n) is 11.2. The van der Waals surface area contributed by atoms with Crippen LogP contribution in [0.2, 0.25) is 12.1 Å². The molecule has 0 aromatic rings. The predicted octanol–water partition coefficient (Wildman–Crippen LogP) is 4.25. The molecular formula is C11H23F3O2Si. The minimum atomic E-state index is -3.16. The third kappa shape index (κ3) is 5.40. The SMILES string of the molecule is CCC[Si](CC)(OC(C)C)OC(C)(F)C(F)F. The van der Waals surface area contributed by atoms with E-state index in [-0.39, 0.29) is 6.10 Å². The summed E-state index contributed by atoms with van der Waals surface area (Å²) in [6.45, 7) is 8.07. The van der Waals surface area contributed by atoms with Gasteiger partial charge in [0.25, 0.3) is 12.3 Å². The molecule has 17 heavy (non-hydrogen) atoms. The maximum atomic E-state index is 13.7. The fourth-order valence-corrected chi connectivity index (χ4v) is 5.05. The summed E-state index contributed by atoms with van der Waals surface area (Å²) < 4.78 is 49.4. The summed E-state index contributed by atoms with van der Waals surface area (Å²) in [5.41, 5.74) is 0. The summed E-state index contributed by atoms with van der Waals surface area (Å²) in [6.07, 6.45) is -2.58. The van der Waals surface area contributed by atoms with Crippen LogP contribution in [-0.4, -0.2) is 26.9 Å². The molecule has 0 spiro atoms. The van der Waals surface area contributed by atoms with Gasteiger partial charge in [-0.25, -0.2) is 13.2 Å². The number of rotatable bonds is 8. The van der Waals surface area contributed by atoms with Crippen molar-refractivity contribution in [3.63, 3.8) is 0 Å². The Bertz CT molecular complexity index is 225. The van der Waals surface area contributed by atoms with Gasteiger partial charge in [-0.15, -0.1) is 0 Å². The highest BCUT2D eigenvalue weighted by molar-refractivity contribution is 6.67. The first-order valence-electron chi connectivity index (χ1n) is 6.04. The van der Waals surface area contributed by atoms with Crippen molar-refractivity contribution >= 4 is 8.56 Å². The lowest BCUT2D eigenvalue weighted by molar-refractivity contribution is -0.171. The second-order valence-electron chi connectivity index (χ2n) is 4.57. The number of hydrogen-bond donors (Lipinski definition) is 0. The molecule has 0 amide bonds. The second kappa shape index (κ2) is 6.75. The summed E-state index contributed by atoms with van der Waals surface area (Å²) in [5.74, 6) is -2.92. The molecule has 6 heteroatoms. The van der Waals surface area contributed by atoms with Gasteiger partial charge in [0.2, 0.25) is 0 Å². The Hall–Kier alpha value is -0.0731. The van der Waals surface area contributed by atoms with E-state index in [9.17, 15) is 13.2 Å². The highest BCUT2D eigenvalue weighted by atomic mass is 28.4. The van der Waals surface area contributed by atoms with Gasteiger partial charge < -0.3 is 8.85 Å². The van der Waals surface area contributed by atoms with Crippen molar-refractivity contribution in [1.82, 2.24) is 0 Å². The molecule has 0 radical (unpaired) electrons. The van der Waals surface area contributed by atoms with Crippen LogP contribution < -0.4 is 0 Å². The first-order chi connectivity index (χ1) is 7.69. The molecule has 104 valence electrons. The van der Waals surface area contributed by atoms with E-state index in [1.165, 1.54) is 0 Å². The quantitative estimate of drug-likeness (QED) is 0.615. The van der Waals surface area contributed by atoms with E-state index < -0.39 is 20.8 Å². The monoisotopic (exact) mass is 272 g/mol. The molecule has 2 atom stereocenters. The van der Waals surface area contributed by atoms with Crippen molar-refractivity contribution in [2.24, 2.45) is 0 Å². The normalized spacial score (nSPS) is 19.4. The van der Waals surface area contributed by atoms with E-state index in [0.717, 1.165) is 13.3 Å². The molecule has 0 saturated carbocycles. The molecular weight excluding hydrogens is 249 g/mol. The van der Waals surface area contributed by atoms with E-state index in [2.05, 4.69) is 0 Å². The van der Waals surface area contributed by atoms with Gasteiger partial charge in [0, 0.05) is 6.10 Å². The largest absolute Gasteiger partial charge is 0.392 e. The highest BCUT2D eigenvalue weighted by Crippen LogP contribution is 2.32. The molecule has 0 aliphatic heterocycles. The maximum Gasteiger partial charge on any atom is 0.340 e. The van der Waals surface area contributed by atoms with Crippen LogP contribution in [0.15, 0.2) is 0 Å². The fraction of sp³-hybridized carbons (Fsp3) is 1.00. The van der Waals surface area contributed by atoms with Crippen LogP contribution in [0.4, 0.5) is 13.2 Å². The Balaban J connectivity index is 4.90. The van der Waals surface area contributed by atoms with E-state index in [4.69, 9.17) is 8.85 Å². The number of hydrogen-bond acceptors (Lipinski definition) is 2. The molecule has 0 heterocycles. The third-order valence-electron chi connectivity index (χ3n) is 2.40. The summed E-state index contributed by atoms with van der Waals surface area (Å²) in [5, 5.41) is 0. The fourth-order valence-electron chi connectivity index (χ4n) is 1.68. The van der Waals surface area contributed by atoms with E-state index in [0.29, 0.717) is 12.1 Å². The molecule has 0 aliphatic rings. The molecule has 2 unspecified atom stereocenters.